The Morgan fingerprint density at radius 2 is 2.00 bits per heavy atom. The molecule has 1 amide bonds. The van der Waals surface area contributed by atoms with Crippen LogP contribution >= 0.6 is 0 Å². The van der Waals surface area contributed by atoms with Crippen LogP contribution in [0.15, 0.2) is 18.2 Å². The number of nitrogen functional groups attached to an aromatic ring is 1. The zero-order valence-corrected chi connectivity index (χ0v) is 10.8. The van der Waals surface area contributed by atoms with Gasteiger partial charge in [0.1, 0.15) is 5.75 Å². The van der Waals surface area contributed by atoms with Gasteiger partial charge in [-0.1, -0.05) is 13.8 Å². The highest BCUT2D eigenvalue weighted by Crippen LogP contribution is 2.21. The fraction of sp³-hybridized carbons (Fsp3) is 0.462. The third-order valence-corrected chi connectivity index (χ3v) is 2.85. The molecule has 0 radical (unpaired) electrons. The van der Waals surface area contributed by atoms with Gasteiger partial charge in [0.05, 0.1) is 12.8 Å². The minimum Gasteiger partial charge on any atom is -0.495 e. The van der Waals surface area contributed by atoms with Gasteiger partial charge in [0.2, 0.25) is 0 Å². The number of ether oxygens (including phenoxy) is 1. The number of nitrogens with one attached hydrogen (secondary N) is 1. The van der Waals surface area contributed by atoms with Gasteiger partial charge in [-0.25, -0.2) is 0 Å². The van der Waals surface area contributed by atoms with Crippen molar-refractivity contribution in [2.75, 3.05) is 12.8 Å². The molecule has 0 aromatic heterocycles. The van der Waals surface area contributed by atoms with Gasteiger partial charge >= 0.3 is 0 Å². The van der Waals surface area contributed by atoms with Gasteiger partial charge < -0.3 is 15.8 Å². The first-order valence-corrected chi connectivity index (χ1v) is 5.70. The number of rotatable bonds is 4. The first-order chi connectivity index (χ1) is 7.95. The average Bonchev–Trinajstić information content (AvgIpc) is 2.28. The first-order valence-electron chi connectivity index (χ1n) is 5.70. The molecule has 0 aliphatic carbocycles. The molecule has 0 fully saturated rings. The fourth-order valence-corrected chi connectivity index (χ4v) is 1.33. The van der Waals surface area contributed by atoms with Gasteiger partial charge in [-0.15, -0.1) is 0 Å². The predicted octanol–water partition coefficient (Wildman–Crippen LogP) is 2.05. The molecule has 4 heteroatoms. The van der Waals surface area contributed by atoms with Gasteiger partial charge in [0, 0.05) is 11.6 Å². The number of carbonyl (C=O) groups is 1. The van der Waals surface area contributed by atoms with E-state index in [1.165, 1.54) is 0 Å². The second kappa shape index (κ2) is 5.57. The summed E-state index contributed by atoms with van der Waals surface area (Å²) in [5.41, 5.74) is 6.78. The molecule has 0 aliphatic rings. The quantitative estimate of drug-likeness (QED) is 0.786. The minimum absolute atomic E-state index is 0.111. The lowest BCUT2D eigenvalue weighted by atomic mass is 10.1. The predicted molar refractivity (Wildman–Crippen MR) is 69.2 cm³/mol. The van der Waals surface area contributed by atoms with Crippen molar-refractivity contribution < 1.29 is 9.53 Å². The summed E-state index contributed by atoms with van der Waals surface area (Å²) >= 11 is 0. The average molecular weight is 236 g/mol. The SMILES string of the molecule is COc1ccc(C(=O)NC(C)C(C)C)cc1N. The monoisotopic (exact) mass is 236 g/mol. The summed E-state index contributed by atoms with van der Waals surface area (Å²) in [6.07, 6.45) is 0. The van der Waals surface area contributed by atoms with E-state index in [2.05, 4.69) is 19.2 Å². The Kier molecular flexibility index (Phi) is 4.37. The number of hydrogen-bond donors (Lipinski definition) is 2. The second-order valence-electron chi connectivity index (χ2n) is 4.46. The molecule has 0 spiro atoms. The van der Waals surface area contributed by atoms with Crippen molar-refractivity contribution in [1.82, 2.24) is 5.32 Å². The number of nitrogens with two attached hydrogens (primary N) is 1. The Morgan fingerprint density at radius 1 is 1.35 bits per heavy atom. The van der Waals surface area contributed by atoms with Crippen LogP contribution in [0, 0.1) is 5.92 Å². The zero-order valence-electron chi connectivity index (χ0n) is 10.8. The van der Waals surface area contributed by atoms with E-state index < -0.39 is 0 Å². The van der Waals surface area contributed by atoms with Crippen LogP contribution in [0.5, 0.6) is 5.75 Å². The molecule has 0 aliphatic heterocycles. The lowest BCUT2D eigenvalue weighted by molar-refractivity contribution is 0.0930. The molecule has 1 unspecified atom stereocenters. The maximum atomic E-state index is 11.9. The number of benzene rings is 1. The summed E-state index contributed by atoms with van der Waals surface area (Å²) in [6, 6.07) is 5.16. The minimum atomic E-state index is -0.111. The van der Waals surface area contributed by atoms with Crippen LogP contribution in [0.4, 0.5) is 5.69 Å². The molecule has 0 saturated heterocycles. The van der Waals surface area contributed by atoms with Crippen molar-refractivity contribution in [2.24, 2.45) is 5.92 Å². The lowest BCUT2D eigenvalue weighted by Crippen LogP contribution is -2.36. The molecular formula is C13H20N2O2. The number of carbonyl (C=O) groups excluding carboxylic acids is 1. The van der Waals surface area contributed by atoms with Crippen LogP contribution in [0.1, 0.15) is 31.1 Å². The van der Waals surface area contributed by atoms with Crippen molar-refractivity contribution in [2.45, 2.75) is 26.8 Å². The van der Waals surface area contributed by atoms with Crippen LogP contribution in [-0.4, -0.2) is 19.1 Å². The number of methoxy groups -OCH3 is 1. The van der Waals surface area contributed by atoms with Gasteiger partial charge in [0.15, 0.2) is 0 Å². The van der Waals surface area contributed by atoms with Crippen molar-refractivity contribution in [1.29, 1.82) is 0 Å². The molecule has 17 heavy (non-hydrogen) atoms. The zero-order chi connectivity index (χ0) is 13.0. The standard InChI is InChI=1S/C13H20N2O2/c1-8(2)9(3)15-13(16)10-5-6-12(17-4)11(14)7-10/h5-9H,14H2,1-4H3,(H,15,16). The van der Waals surface area contributed by atoms with Gasteiger partial charge in [-0.3, -0.25) is 4.79 Å². The second-order valence-corrected chi connectivity index (χ2v) is 4.46. The Balaban J connectivity index is 2.80. The lowest BCUT2D eigenvalue weighted by Gasteiger charge is -2.17. The van der Waals surface area contributed by atoms with E-state index in [0.29, 0.717) is 22.9 Å². The summed E-state index contributed by atoms with van der Waals surface area (Å²) in [5.74, 6) is 0.869. The van der Waals surface area contributed by atoms with Crippen LogP contribution in [0.3, 0.4) is 0 Å². The molecule has 1 rings (SSSR count). The van der Waals surface area contributed by atoms with Gasteiger partial charge in [-0.2, -0.15) is 0 Å². The van der Waals surface area contributed by atoms with E-state index >= 15 is 0 Å². The van der Waals surface area contributed by atoms with Crippen molar-refractivity contribution >= 4 is 11.6 Å². The van der Waals surface area contributed by atoms with E-state index in [4.69, 9.17) is 10.5 Å². The summed E-state index contributed by atoms with van der Waals surface area (Å²) in [7, 11) is 1.55. The number of hydrogen-bond acceptors (Lipinski definition) is 3. The van der Waals surface area contributed by atoms with E-state index in [-0.39, 0.29) is 11.9 Å². The molecule has 1 atom stereocenters. The Hall–Kier alpha value is -1.71. The number of anilines is 1. The van der Waals surface area contributed by atoms with E-state index in [0.717, 1.165) is 0 Å². The molecule has 4 nitrogen and oxygen atoms in total. The topological polar surface area (TPSA) is 64.3 Å². The fourth-order valence-electron chi connectivity index (χ4n) is 1.33. The molecule has 0 saturated carbocycles. The Labute approximate surface area is 102 Å². The highest BCUT2D eigenvalue weighted by molar-refractivity contribution is 5.95. The van der Waals surface area contributed by atoms with Crippen LogP contribution in [0.25, 0.3) is 0 Å². The van der Waals surface area contributed by atoms with Crippen molar-refractivity contribution in [3.05, 3.63) is 23.8 Å². The largest absolute Gasteiger partial charge is 0.495 e. The van der Waals surface area contributed by atoms with Crippen LogP contribution < -0.4 is 15.8 Å². The smallest absolute Gasteiger partial charge is 0.251 e. The summed E-state index contributed by atoms with van der Waals surface area (Å²) < 4.78 is 5.04. The third kappa shape index (κ3) is 3.37. The van der Waals surface area contributed by atoms with Gasteiger partial charge in [-0.05, 0) is 31.0 Å². The van der Waals surface area contributed by atoms with Crippen LogP contribution in [0.2, 0.25) is 0 Å². The first kappa shape index (κ1) is 13.4. The molecule has 94 valence electrons. The highest BCUT2D eigenvalue weighted by Gasteiger charge is 2.13. The molecular weight excluding hydrogens is 216 g/mol. The van der Waals surface area contributed by atoms with Crippen molar-refractivity contribution in [3.63, 3.8) is 0 Å². The van der Waals surface area contributed by atoms with Gasteiger partial charge in [0.25, 0.3) is 5.91 Å². The molecule has 1 aromatic carbocycles. The summed E-state index contributed by atoms with van der Waals surface area (Å²) in [6.45, 7) is 6.11. The number of amides is 1. The summed E-state index contributed by atoms with van der Waals surface area (Å²) in [5, 5.41) is 2.92. The molecule has 3 N–H and O–H groups in total. The normalized spacial score (nSPS) is 12.3. The van der Waals surface area contributed by atoms with E-state index in [1.54, 1.807) is 25.3 Å². The maximum absolute atomic E-state index is 11.9. The van der Waals surface area contributed by atoms with Crippen LogP contribution in [-0.2, 0) is 0 Å². The molecule has 0 bridgehead atoms. The Bertz CT molecular complexity index is 402. The molecule has 0 heterocycles. The maximum Gasteiger partial charge on any atom is 0.251 e. The third-order valence-electron chi connectivity index (χ3n) is 2.85. The van der Waals surface area contributed by atoms with E-state index in [1.807, 2.05) is 6.92 Å². The molecule has 1 aromatic rings. The Morgan fingerprint density at radius 3 is 2.47 bits per heavy atom. The van der Waals surface area contributed by atoms with E-state index in [9.17, 15) is 4.79 Å². The highest BCUT2D eigenvalue weighted by atomic mass is 16.5. The van der Waals surface area contributed by atoms with Crippen molar-refractivity contribution in [3.8, 4) is 5.75 Å². The summed E-state index contributed by atoms with van der Waals surface area (Å²) in [4.78, 5) is 11.9.